The summed E-state index contributed by atoms with van der Waals surface area (Å²) in [5.41, 5.74) is 0. The predicted molar refractivity (Wildman–Crippen MR) is 49.9 cm³/mol. The summed E-state index contributed by atoms with van der Waals surface area (Å²) in [6.07, 6.45) is 4.21. The Morgan fingerprint density at radius 3 is 2.71 bits per heavy atom. The van der Waals surface area contributed by atoms with Crippen LogP contribution in [0.5, 0.6) is 0 Å². The molecule has 2 unspecified atom stereocenters. The van der Waals surface area contributed by atoms with Crippen molar-refractivity contribution in [3.8, 4) is 0 Å². The first kappa shape index (κ1) is 8.93. The first-order valence-electron chi connectivity index (χ1n) is 4.46. The van der Waals surface area contributed by atoms with E-state index in [1.54, 1.807) is 18.6 Å². The first-order valence-corrected chi connectivity index (χ1v) is 4.46. The molecule has 1 saturated heterocycles. The summed E-state index contributed by atoms with van der Waals surface area (Å²) in [5, 5.41) is 0. The molecule has 0 aliphatic carbocycles. The summed E-state index contributed by atoms with van der Waals surface area (Å²) in [5.74, 6) is 0.536. The fourth-order valence-corrected chi connectivity index (χ4v) is 1.41. The van der Waals surface area contributed by atoms with Gasteiger partial charge in [0.2, 0.25) is 0 Å². The summed E-state index contributed by atoms with van der Waals surface area (Å²) < 4.78 is 5.06. The van der Waals surface area contributed by atoms with Crippen LogP contribution in [0.1, 0.15) is 13.8 Å². The molecule has 2 heterocycles. The Balaban J connectivity index is 2.31. The number of cyclic esters (lactones) is 1. The van der Waals surface area contributed by atoms with Gasteiger partial charge in [0.15, 0.2) is 5.82 Å². The van der Waals surface area contributed by atoms with Crippen molar-refractivity contribution in [3.05, 3.63) is 18.6 Å². The van der Waals surface area contributed by atoms with Crippen molar-refractivity contribution in [1.29, 1.82) is 0 Å². The maximum absolute atomic E-state index is 11.4. The van der Waals surface area contributed by atoms with Crippen molar-refractivity contribution >= 4 is 11.9 Å². The van der Waals surface area contributed by atoms with Crippen LogP contribution in [-0.4, -0.2) is 28.2 Å². The molecule has 0 N–H and O–H groups in total. The summed E-state index contributed by atoms with van der Waals surface area (Å²) in [7, 11) is 0. The smallest absolute Gasteiger partial charge is 0.416 e. The van der Waals surface area contributed by atoms with E-state index in [1.807, 2.05) is 13.8 Å². The predicted octanol–water partition coefficient (Wildman–Crippen LogP) is 1.21. The minimum atomic E-state index is -0.356. The molecule has 0 bridgehead atoms. The Kier molecular flexibility index (Phi) is 2.07. The van der Waals surface area contributed by atoms with Gasteiger partial charge in [0.05, 0.1) is 12.2 Å². The average molecular weight is 193 g/mol. The Hall–Kier alpha value is -1.65. The number of carbonyl (C=O) groups excluding carboxylic acids is 1. The highest BCUT2D eigenvalue weighted by Crippen LogP contribution is 2.23. The number of ether oxygens (including phenoxy) is 1. The second-order valence-corrected chi connectivity index (χ2v) is 3.26. The molecular weight excluding hydrogens is 182 g/mol. The number of hydrogen-bond acceptors (Lipinski definition) is 4. The molecule has 1 aliphatic rings. The largest absolute Gasteiger partial charge is 0.444 e. The summed E-state index contributed by atoms with van der Waals surface area (Å²) in [4.78, 5) is 20.9. The lowest BCUT2D eigenvalue weighted by atomic mass is 10.2. The van der Waals surface area contributed by atoms with Gasteiger partial charge in [-0.1, -0.05) is 0 Å². The Bertz CT molecular complexity index is 341. The van der Waals surface area contributed by atoms with Crippen LogP contribution in [-0.2, 0) is 4.74 Å². The van der Waals surface area contributed by atoms with Crippen molar-refractivity contribution in [2.45, 2.75) is 26.0 Å². The van der Waals surface area contributed by atoms with Crippen molar-refractivity contribution in [2.24, 2.45) is 0 Å². The van der Waals surface area contributed by atoms with Crippen LogP contribution in [0, 0.1) is 0 Å². The van der Waals surface area contributed by atoms with Crippen LogP contribution < -0.4 is 4.90 Å². The molecule has 1 aliphatic heterocycles. The van der Waals surface area contributed by atoms with E-state index in [0.29, 0.717) is 5.82 Å². The lowest BCUT2D eigenvalue weighted by Crippen LogP contribution is -2.33. The van der Waals surface area contributed by atoms with Gasteiger partial charge < -0.3 is 4.74 Å². The molecule has 5 heteroatoms. The zero-order valence-corrected chi connectivity index (χ0v) is 8.04. The lowest BCUT2D eigenvalue weighted by molar-refractivity contribution is 0.143. The quantitative estimate of drug-likeness (QED) is 0.672. The number of carbonyl (C=O) groups is 1. The molecule has 1 aromatic rings. The average Bonchev–Trinajstić information content (AvgIpc) is 2.43. The maximum Gasteiger partial charge on any atom is 0.416 e. The van der Waals surface area contributed by atoms with Gasteiger partial charge in [0.1, 0.15) is 6.10 Å². The first-order chi connectivity index (χ1) is 6.70. The van der Waals surface area contributed by atoms with Crippen LogP contribution in [0.25, 0.3) is 0 Å². The minimum Gasteiger partial charge on any atom is -0.444 e. The molecule has 2 atom stereocenters. The van der Waals surface area contributed by atoms with Gasteiger partial charge in [-0.2, -0.15) is 0 Å². The fourth-order valence-electron chi connectivity index (χ4n) is 1.41. The van der Waals surface area contributed by atoms with E-state index in [0.717, 1.165) is 0 Å². The summed E-state index contributed by atoms with van der Waals surface area (Å²) >= 11 is 0. The van der Waals surface area contributed by atoms with E-state index in [4.69, 9.17) is 4.74 Å². The van der Waals surface area contributed by atoms with E-state index >= 15 is 0 Å². The van der Waals surface area contributed by atoms with E-state index in [2.05, 4.69) is 9.97 Å². The standard InChI is InChI=1S/C9H11N3O2/c1-6-7(2)14-9(13)12(6)8-5-10-3-4-11-8/h3-7H,1-2H3. The SMILES string of the molecule is CC1OC(=O)N(c2cnccn2)C1C. The number of aromatic nitrogens is 2. The number of rotatable bonds is 1. The molecule has 0 saturated carbocycles. The van der Waals surface area contributed by atoms with E-state index in [1.165, 1.54) is 4.90 Å². The minimum absolute atomic E-state index is 0.000741. The number of amides is 1. The second kappa shape index (κ2) is 3.25. The second-order valence-electron chi connectivity index (χ2n) is 3.26. The molecule has 14 heavy (non-hydrogen) atoms. The third kappa shape index (κ3) is 1.30. The molecule has 1 aromatic heterocycles. The van der Waals surface area contributed by atoms with Gasteiger partial charge in [-0.05, 0) is 13.8 Å². The van der Waals surface area contributed by atoms with Crippen molar-refractivity contribution in [2.75, 3.05) is 4.90 Å². The highest BCUT2D eigenvalue weighted by molar-refractivity contribution is 5.89. The Morgan fingerprint density at radius 1 is 1.43 bits per heavy atom. The number of hydrogen-bond donors (Lipinski definition) is 0. The molecule has 1 fully saturated rings. The number of anilines is 1. The van der Waals surface area contributed by atoms with Crippen LogP contribution in [0.15, 0.2) is 18.6 Å². The van der Waals surface area contributed by atoms with Gasteiger partial charge in [0.25, 0.3) is 0 Å². The molecule has 74 valence electrons. The summed E-state index contributed by atoms with van der Waals surface area (Å²) in [6, 6.07) is -0.000741. The topological polar surface area (TPSA) is 55.3 Å². The molecule has 0 radical (unpaired) electrons. The van der Waals surface area contributed by atoms with Crippen molar-refractivity contribution in [1.82, 2.24) is 9.97 Å². The van der Waals surface area contributed by atoms with Crippen LogP contribution in [0.2, 0.25) is 0 Å². The molecular formula is C9H11N3O2. The van der Waals surface area contributed by atoms with Crippen molar-refractivity contribution < 1.29 is 9.53 Å². The zero-order chi connectivity index (χ0) is 10.1. The van der Waals surface area contributed by atoms with E-state index in [-0.39, 0.29) is 18.2 Å². The van der Waals surface area contributed by atoms with Gasteiger partial charge in [-0.3, -0.25) is 9.88 Å². The molecule has 1 amide bonds. The van der Waals surface area contributed by atoms with Gasteiger partial charge >= 0.3 is 6.09 Å². The molecule has 0 aromatic carbocycles. The highest BCUT2D eigenvalue weighted by atomic mass is 16.6. The van der Waals surface area contributed by atoms with Crippen LogP contribution in [0.4, 0.5) is 10.6 Å². The van der Waals surface area contributed by atoms with E-state index in [9.17, 15) is 4.79 Å². The summed E-state index contributed by atoms with van der Waals surface area (Å²) in [6.45, 7) is 3.78. The normalized spacial score (nSPS) is 26.4. The Labute approximate surface area is 81.7 Å². The number of nitrogens with zero attached hydrogens (tertiary/aromatic N) is 3. The van der Waals surface area contributed by atoms with Gasteiger partial charge in [-0.25, -0.2) is 9.78 Å². The lowest BCUT2D eigenvalue weighted by Gasteiger charge is -2.17. The molecule has 0 spiro atoms. The van der Waals surface area contributed by atoms with Crippen LogP contribution in [0.3, 0.4) is 0 Å². The maximum atomic E-state index is 11.4. The monoisotopic (exact) mass is 193 g/mol. The highest BCUT2D eigenvalue weighted by Gasteiger charge is 2.37. The van der Waals surface area contributed by atoms with Gasteiger partial charge in [0, 0.05) is 12.4 Å². The zero-order valence-electron chi connectivity index (χ0n) is 8.04. The fraction of sp³-hybridized carbons (Fsp3) is 0.444. The molecule has 5 nitrogen and oxygen atoms in total. The third-order valence-electron chi connectivity index (χ3n) is 2.37. The van der Waals surface area contributed by atoms with Gasteiger partial charge in [-0.15, -0.1) is 0 Å². The van der Waals surface area contributed by atoms with E-state index < -0.39 is 0 Å². The van der Waals surface area contributed by atoms with Crippen molar-refractivity contribution in [3.63, 3.8) is 0 Å². The van der Waals surface area contributed by atoms with Crippen LogP contribution >= 0.6 is 0 Å². The third-order valence-corrected chi connectivity index (χ3v) is 2.37. The molecule has 2 rings (SSSR count). The Morgan fingerprint density at radius 2 is 2.21 bits per heavy atom.